The minimum Gasteiger partial charge on any atom is -0.348 e. The Morgan fingerprint density at radius 1 is 1.24 bits per heavy atom. The van der Waals surface area contributed by atoms with E-state index in [4.69, 9.17) is 23.2 Å². The summed E-state index contributed by atoms with van der Waals surface area (Å²) in [6, 6.07) is 9.64. The first kappa shape index (κ1) is 16.3. The molecule has 3 nitrogen and oxygen atoms in total. The van der Waals surface area contributed by atoms with Crippen LogP contribution in [0.25, 0.3) is 0 Å². The number of hydrogen-bond donors (Lipinski definition) is 1. The molecule has 0 unspecified atom stereocenters. The lowest BCUT2D eigenvalue weighted by molar-refractivity contribution is 0.0951. The maximum atomic E-state index is 12.1. The van der Waals surface area contributed by atoms with Crippen LogP contribution in [-0.2, 0) is 13.1 Å². The van der Waals surface area contributed by atoms with Gasteiger partial charge in [-0.3, -0.25) is 4.79 Å². The van der Waals surface area contributed by atoms with Crippen LogP contribution in [0, 0.1) is 0 Å². The molecule has 6 heteroatoms. The molecule has 0 saturated heterocycles. The zero-order valence-corrected chi connectivity index (χ0v) is 14.1. The van der Waals surface area contributed by atoms with Gasteiger partial charge in [0, 0.05) is 13.1 Å². The fourth-order valence-electron chi connectivity index (χ4n) is 1.99. The third-order valence-corrected chi connectivity index (χ3v) is 4.43. The summed E-state index contributed by atoms with van der Waals surface area (Å²) >= 11 is 13.0. The zero-order chi connectivity index (χ0) is 15.4. The van der Waals surface area contributed by atoms with E-state index >= 15 is 0 Å². The lowest BCUT2D eigenvalue weighted by Gasteiger charge is -2.14. The van der Waals surface area contributed by atoms with E-state index in [0.29, 0.717) is 20.8 Å². The topological polar surface area (TPSA) is 32.3 Å². The molecule has 1 N–H and O–H groups in total. The summed E-state index contributed by atoms with van der Waals surface area (Å²) in [5, 5.41) is 2.89. The summed E-state index contributed by atoms with van der Waals surface area (Å²) in [6.45, 7) is 1.30. The number of hydrogen-bond acceptors (Lipinski definition) is 3. The highest BCUT2D eigenvalue weighted by atomic mass is 35.5. The van der Waals surface area contributed by atoms with Crippen molar-refractivity contribution in [3.63, 3.8) is 0 Å². The molecule has 0 saturated carbocycles. The summed E-state index contributed by atoms with van der Waals surface area (Å²) < 4.78 is 0.928. The normalized spacial score (nSPS) is 10.9. The third-order valence-electron chi connectivity index (χ3n) is 2.95. The highest BCUT2D eigenvalue weighted by Gasteiger charge is 2.14. The molecule has 0 aliphatic heterocycles. The highest BCUT2D eigenvalue weighted by molar-refractivity contribution is 7.20. The van der Waals surface area contributed by atoms with Crippen molar-refractivity contribution in [2.75, 3.05) is 14.1 Å². The lowest BCUT2D eigenvalue weighted by atomic mass is 10.1. The molecule has 0 bridgehead atoms. The third kappa shape index (κ3) is 4.45. The number of carbonyl (C=O) groups is 1. The molecule has 1 heterocycles. The minimum absolute atomic E-state index is 0.206. The summed E-state index contributed by atoms with van der Waals surface area (Å²) in [5.41, 5.74) is 2.71. The van der Waals surface area contributed by atoms with E-state index in [2.05, 4.69) is 16.3 Å². The van der Waals surface area contributed by atoms with Gasteiger partial charge in [0.2, 0.25) is 0 Å². The van der Waals surface area contributed by atoms with Crippen molar-refractivity contribution in [2.24, 2.45) is 0 Å². The summed E-state index contributed by atoms with van der Waals surface area (Å²) in [7, 11) is 4.03. The number of thiophene rings is 1. The molecule has 2 rings (SSSR count). The largest absolute Gasteiger partial charge is 0.348 e. The van der Waals surface area contributed by atoms with Crippen molar-refractivity contribution in [1.29, 1.82) is 0 Å². The molecule has 2 aromatic rings. The molecule has 1 amide bonds. The average molecular weight is 343 g/mol. The Bertz CT molecular complexity index is 640. The number of benzene rings is 1. The van der Waals surface area contributed by atoms with E-state index in [1.807, 2.05) is 32.3 Å². The van der Waals surface area contributed by atoms with Crippen molar-refractivity contribution in [3.05, 3.63) is 55.7 Å². The monoisotopic (exact) mass is 342 g/mol. The first-order valence-corrected chi connectivity index (χ1v) is 7.99. The lowest BCUT2D eigenvalue weighted by Crippen LogP contribution is -2.24. The second-order valence-corrected chi connectivity index (χ2v) is 7.21. The predicted molar refractivity (Wildman–Crippen MR) is 89.3 cm³/mol. The maximum Gasteiger partial charge on any atom is 0.253 e. The first-order chi connectivity index (χ1) is 9.97. The van der Waals surface area contributed by atoms with Crippen LogP contribution in [0.3, 0.4) is 0 Å². The molecule has 1 aromatic heterocycles. The summed E-state index contributed by atoms with van der Waals surface area (Å²) in [5.74, 6) is -0.206. The SMILES string of the molecule is CN(C)Cc1ccccc1CNC(=O)c1cc(Cl)sc1Cl. The molecule has 0 aliphatic rings. The van der Waals surface area contributed by atoms with Crippen LogP contribution in [0.2, 0.25) is 8.67 Å². The van der Waals surface area contributed by atoms with E-state index in [9.17, 15) is 4.79 Å². The fraction of sp³-hybridized carbons (Fsp3) is 0.267. The Hall–Kier alpha value is -1.07. The Labute approximate surface area is 138 Å². The van der Waals surface area contributed by atoms with E-state index in [1.165, 1.54) is 16.9 Å². The smallest absolute Gasteiger partial charge is 0.253 e. The number of rotatable bonds is 5. The van der Waals surface area contributed by atoms with Gasteiger partial charge in [-0.05, 0) is 31.3 Å². The Morgan fingerprint density at radius 3 is 2.48 bits per heavy atom. The maximum absolute atomic E-state index is 12.1. The van der Waals surface area contributed by atoms with Gasteiger partial charge in [-0.1, -0.05) is 47.5 Å². The molecule has 0 radical (unpaired) electrons. The van der Waals surface area contributed by atoms with Gasteiger partial charge in [0.15, 0.2) is 0 Å². The molecule has 0 aliphatic carbocycles. The van der Waals surface area contributed by atoms with Crippen molar-refractivity contribution in [1.82, 2.24) is 10.2 Å². The van der Waals surface area contributed by atoms with Gasteiger partial charge in [-0.25, -0.2) is 0 Å². The van der Waals surface area contributed by atoms with Gasteiger partial charge >= 0.3 is 0 Å². The molecule has 0 atom stereocenters. The van der Waals surface area contributed by atoms with Crippen LogP contribution in [-0.4, -0.2) is 24.9 Å². The van der Waals surface area contributed by atoms with E-state index < -0.39 is 0 Å². The quantitative estimate of drug-likeness (QED) is 0.888. The van der Waals surface area contributed by atoms with Gasteiger partial charge in [-0.2, -0.15) is 0 Å². The van der Waals surface area contributed by atoms with Crippen LogP contribution in [0.4, 0.5) is 0 Å². The van der Waals surface area contributed by atoms with Crippen molar-refractivity contribution in [3.8, 4) is 0 Å². The Kier molecular flexibility index (Phi) is 5.65. The number of nitrogens with zero attached hydrogens (tertiary/aromatic N) is 1. The molecular formula is C15H16Cl2N2OS. The highest BCUT2D eigenvalue weighted by Crippen LogP contribution is 2.31. The number of carbonyl (C=O) groups excluding carboxylic acids is 1. The van der Waals surface area contributed by atoms with Crippen LogP contribution < -0.4 is 5.32 Å². The van der Waals surface area contributed by atoms with Crippen molar-refractivity contribution in [2.45, 2.75) is 13.1 Å². The average Bonchev–Trinajstić information content (AvgIpc) is 2.76. The molecule has 0 fully saturated rings. The van der Waals surface area contributed by atoms with Crippen LogP contribution in [0.5, 0.6) is 0 Å². The second-order valence-electron chi connectivity index (χ2n) is 4.93. The number of amides is 1. The number of nitrogens with one attached hydrogen (secondary N) is 1. The van der Waals surface area contributed by atoms with Gasteiger partial charge in [0.1, 0.15) is 4.34 Å². The van der Waals surface area contributed by atoms with Crippen LogP contribution >= 0.6 is 34.5 Å². The zero-order valence-electron chi connectivity index (χ0n) is 11.8. The van der Waals surface area contributed by atoms with Gasteiger partial charge in [-0.15, -0.1) is 11.3 Å². The summed E-state index contributed by atoms with van der Waals surface area (Å²) in [6.07, 6.45) is 0. The molecule has 0 spiro atoms. The van der Waals surface area contributed by atoms with Gasteiger partial charge in [0.25, 0.3) is 5.91 Å². The predicted octanol–water partition coefficient (Wildman–Crippen LogP) is 4.05. The van der Waals surface area contributed by atoms with Crippen molar-refractivity contribution >= 4 is 40.4 Å². The van der Waals surface area contributed by atoms with E-state index in [-0.39, 0.29) is 5.91 Å². The molecule has 112 valence electrons. The van der Waals surface area contributed by atoms with Crippen LogP contribution in [0.1, 0.15) is 21.5 Å². The van der Waals surface area contributed by atoms with Gasteiger partial charge < -0.3 is 10.2 Å². The first-order valence-electron chi connectivity index (χ1n) is 6.42. The molecular weight excluding hydrogens is 327 g/mol. The van der Waals surface area contributed by atoms with Gasteiger partial charge in [0.05, 0.1) is 9.90 Å². The fourth-order valence-corrected chi connectivity index (χ4v) is 3.45. The molecule has 21 heavy (non-hydrogen) atoms. The second kappa shape index (κ2) is 7.27. The minimum atomic E-state index is -0.206. The van der Waals surface area contributed by atoms with Crippen LogP contribution in [0.15, 0.2) is 30.3 Å². The number of halogens is 2. The summed E-state index contributed by atoms with van der Waals surface area (Å²) in [4.78, 5) is 14.2. The standard InChI is InChI=1S/C15H16Cl2N2OS/c1-19(2)9-11-6-4-3-5-10(11)8-18-15(20)12-7-13(16)21-14(12)17/h3-7H,8-9H2,1-2H3,(H,18,20). The Balaban J connectivity index is 2.06. The van der Waals surface area contributed by atoms with E-state index in [1.54, 1.807) is 6.07 Å². The van der Waals surface area contributed by atoms with E-state index in [0.717, 1.165) is 12.1 Å². The van der Waals surface area contributed by atoms with Crippen molar-refractivity contribution < 1.29 is 4.79 Å². The Morgan fingerprint density at radius 2 is 1.90 bits per heavy atom. The molecule has 1 aromatic carbocycles.